The quantitative estimate of drug-likeness (QED) is 0.792. The minimum atomic E-state index is -0.0753. The lowest BCUT2D eigenvalue weighted by Gasteiger charge is -2.21. The number of carbonyl (C=O) groups is 1. The highest BCUT2D eigenvalue weighted by Gasteiger charge is 2.35. The van der Waals surface area contributed by atoms with Crippen molar-refractivity contribution in [2.45, 2.75) is 33.4 Å². The van der Waals surface area contributed by atoms with Gasteiger partial charge in [0.15, 0.2) is 5.69 Å². The molecule has 0 aromatic carbocycles. The van der Waals surface area contributed by atoms with E-state index in [1.807, 2.05) is 29.7 Å². The van der Waals surface area contributed by atoms with Gasteiger partial charge in [-0.3, -0.25) is 9.78 Å². The van der Waals surface area contributed by atoms with E-state index in [4.69, 9.17) is 16.9 Å². The Bertz CT molecular complexity index is 952. The molecular weight excluding hydrogens is 364 g/mol. The van der Waals surface area contributed by atoms with E-state index in [0.717, 1.165) is 35.5 Å². The standard InChI is InChI=1S/C19H19ClN6O/c1-11-15-9-26(10-16(15)24-12(2)18(11)20)19(27)13-3-4-25(8-13)17-7-22-14(5-21)6-23-17/h6-7,13H,3-4,8-10H2,1-2H3. The maximum Gasteiger partial charge on any atom is 0.228 e. The van der Waals surface area contributed by atoms with Crippen LogP contribution in [0.4, 0.5) is 5.82 Å². The van der Waals surface area contributed by atoms with Crippen molar-refractivity contribution in [1.82, 2.24) is 19.9 Å². The highest BCUT2D eigenvalue weighted by atomic mass is 35.5. The van der Waals surface area contributed by atoms with Crippen molar-refractivity contribution < 1.29 is 4.79 Å². The molecule has 4 rings (SSSR count). The van der Waals surface area contributed by atoms with Crippen LogP contribution in [0.3, 0.4) is 0 Å². The molecule has 1 amide bonds. The molecule has 2 aromatic heterocycles. The molecule has 1 saturated heterocycles. The van der Waals surface area contributed by atoms with Gasteiger partial charge in [0.05, 0.1) is 41.3 Å². The summed E-state index contributed by atoms with van der Waals surface area (Å²) in [6.45, 7) is 6.36. The van der Waals surface area contributed by atoms with Gasteiger partial charge in [0.2, 0.25) is 5.91 Å². The third-order valence-electron chi connectivity index (χ3n) is 5.37. The van der Waals surface area contributed by atoms with Crippen molar-refractivity contribution in [2.75, 3.05) is 18.0 Å². The van der Waals surface area contributed by atoms with Crippen LogP contribution in [0.15, 0.2) is 12.4 Å². The number of anilines is 1. The third kappa shape index (κ3) is 3.10. The molecule has 2 aliphatic heterocycles. The number of aromatic nitrogens is 3. The van der Waals surface area contributed by atoms with Gasteiger partial charge in [-0.2, -0.15) is 5.26 Å². The van der Waals surface area contributed by atoms with Crippen molar-refractivity contribution in [3.63, 3.8) is 0 Å². The zero-order valence-electron chi connectivity index (χ0n) is 15.2. The molecule has 0 saturated carbocycles. The van der Waals surface area contributed by atoms with Gasteiger partial charge in [-0.15, -0.1) is 0 Å². The Morgan fingerprint density at radius 1 is 1.30 bits per heavy atom. The van der Waals surface area contributed by atoms with Gasteiger partial charge >= 0.3 is 0 Å². The smallest absolute Gasteiger partial charge is 0.228 e. The predicted molar refractivity (Wildman–Crippen MR) is 100 cm³/mol. The van der Waals surface area contributed by atoms with Gasteiger partial charge in [0.25, 0.3) is 0 Å². The first-order valence-corrected chi connectivity index (χ1v) is 9.26. The number of nitriles is 1. The minimum absolute atomic E-state index is 0.0753. The number of hydrogen-bond acceptors (Lipinski definition) is 6. The number of halogens is 1. The molecule has 0 bridgehead atoms. The molecule has 27 heavy (non-hydrogen) atoms. The van der Waals surface area contributed by atoms with E-state index < -0.39 is 0 Å². The lowest BCUT2D eigenvalue weighted by Crippen LogP contribution is -2.34. The van der Waals surface area contributed by atoms with Crippen LogP contribution in [0, 0.1) is 31.1 Å². The minimum Gasteiger partial charge on any atom is -0.355 e. The molecule has 138 valence electrons. The Hall–Kier alpha value is -2.72. The lowest BCUT2D eigenvalue weighted by atomic mass is 10.1. The number of amides is 1. The van der Waals surface area contributed by atoms with E-state index in [1.54, 1.807) is 6.20 Å². The number of rotatable bonds is 2. The average molecular weight is 383 g/mol. The zero-order valence-corrected chi connectivity index (χ0v) is 16.0. The first kappa shape index (κ1) is 17.7. The second-order valence-corrected chi connectivity index (χ2v) is 7.44. The largest absolute Gasteiger partial charge is 0.355 e. The monoisotopic (exact) mass is 382 g/mol. The number of fused-ring (bicyclic) bond motifs is 1. The Morgan fingerprint density at radius 3 is 2.81 bits per heavy atom. The summed E-state index contributed by atoms with van der Waals surface area (Å²) >= 11 is 6.32. The fraction of sp³-hybridized carbons (Fsp3) is 0.421. The first-order valence-electron chi connectivity index (χ1n) is 8.88. The maximum atomic E-state index is 13.0. The number of nitrogens with zero attached hydrogens (tertiary/aromatic N) is 6. The second-order valence-electron chi connectivity index (χ2n) is 7.06. The van der Waals surface area contributed by atoms with Crippen LogP contribution in [0.25, 0.3) is 0 Å². The highest BCUT2D eigenvalue weighted by Crippen LogP contribution is 2.32. The summed E-state index contributed by atoms with van der Waals surface area (Å²) in [4.78, 5) is 29.9. The molecule has 7 nitrogen and oxygen atoms in total. The van der Waals surface area contributed by atoms with Gasteiger partial charge < -0.3 is 9.80 Å². The molecule has 1 fully saturated rings. The SMILES string of the molecule is Cc1nc2c(c(C)c1Cl)CN(C(=O)C1CCN(c3cnc(C#N)cn3)C1)C2. The molecule has 0 radical (unpaired) electrons. The Kier molecular flexibility index (Phi) is 4.44. The van der Waals surface area contributed by atoms with Gasteiger partial charge in [0.1, 0.15) is 11.9 Å². The lowest BCUT2D eigenvalue weighted by molar-refractivity contribution is -0.135. The van der Waals surface area contributed by atoms with Crippen molar-refractivity contribution in [1.29, 1.82) is 5.26 Å². The Balaban J connectivity index is 1.45. The van der Waals surface area contributed by atoms with Gasteiger partial charge in [-0.25, -0.2) is 9.97 Å². The van der Waals surface area contributed by atoms with Crippen LogP contribution in [-0.4, -0.2) is 38.8 Å². The van der Waals surface area contributed by atoms with Crippen molar-refractivity contribution >= 4 is 23.3 Å². The van der Waals surface area contributed by atoms with E-state index in [-0.39, 0.29) is 17.5 Å². The summed E-state index contributed by atoms with van der Waals surface area (Å²) in [7, 11) is 0. The third-order valence-corrected chi connectivity index (χ3v) is 5.92. The Morgan fingerprint density at radius 2 is 2.11 bits per heavy atom. The molecule has 0 aliphatic carbocycles. The number of aryl methyl sites for hydroxylation is 1. The highest BCUT2D eigenvalue weighted by molar-refractivity contribution is 6.32. The van der Waals surface area contributed by atoms with Gasteiger partial charge in [-0.05, 0) is 31.4 Å². The van der Waals surface area contributed by atoms with Crippen LogP contribution in [0.5, 0.6) is 0 Å². The van der Waals surface area contributed by atoms with Crippen LogP contribution in [0.2, 0.25) is 5.02 Å². The molecule has 1 atom stereocenters. The van der Waals surface area contributed by atoms with E-state index in [0.29, 0.717) is 30.5 Å². The number of hydrogen-bond donors (Lipinski definition) is 0. The van der Waals surface area contributed by atoms with Crippen molar-refractivity contribution in [2.24, 2.45) is 5.92 Å². The molecule has 2 aliphatic rings. The fourth-order valence-electron chi connectivity index (χ4n) is 3.83. The summed E-state index contributed by atoms with van der Waals surface area (Å²) in [5.74, 6) is 0.771. The van der Waals surface area contributed by atoms with Gasteiger partial charge in [-0.1, -0.05) is 11.6 Å². The van der Waals surface area contributed by atoms with Crippen LogP contribution in [-0.2, 0) is 17.9 Å². The zero-order chi connectivity index (χ0) is 19.1. The summed E-state index contributed by atoms with van der Waals surface area (Å²) < 4.78 is 0. The molecule has 1 unspecified atom stereocenters. The molecule has 8 heteroatoms. The summed E-state index contributed by atoms with van der Waals surface area (Å²) in [6, 6.07) is 1.96. The van der Waals surface area contributed by atoms with Crippen molar-refractivity contribution in [3.05, 3.63) is 45.6 Å². The Labute approximate surface area is 162 Å². The second kappa shape index (κ2) is 6.78. The fourth-order valence-corrected chi connectivity index (χ4v) is 3.99. The van der Waals surface area contributed by atoms with E-state index in [9.17, 15) is 4.79 Å². The summed E-state index contributed by atoms with van der Waals surface area (Å²) in [5, 5.41) is 9.52. The summed E-state index contributed by atoms with van der Waals surface area (Å²) in [5.41, 5.74) is 4.16. The van der Waals surface area contributed by atoms with Crippen LogP contribution in [0.1, 0.15) is 34.6 Å². The topological polar surface area (TPSA) is 86.0 Å². The number of carbonyl (C=O) groups excluding carboxylic acids is 1. The van der Waals surface area contributed by atoms with Gasteiger partial charge in [0, 0.05) is 19.6 Å². The molecular formula is C19H19ClN6O. The van der Waals surface area contributed by atoms with E-state index in [2.05, 4.69) is 15.0 Å². The van der Waals surface area contributed by atoms with E-state index >= 15 is 0 Å². The first-order chi connectivity index (χ1) is 13.0. The van der Waals surface area contributed by atoms with Crippen molar-refractivity contribution in [3.8, 4) is 6.07 Å². The molecule has 2 aromatic rings. The van der Waals surface area contributed by atoms with E-state index in [1.165, 1.54) is 6.20 Å². The number of pyridine rings is 1. The normalized spacial score (nSPS) is 18.5. The molecule has 0 spiro atoms. The molecule has 4 heterocycles. The van der Waals surface area contributed by atoms with Crippen LogP contribution >= 0.6 is 11.6 Å². The maximum absolute atomic E-state index is 13.0. The summed E-state index contributed by atoms with van der Waals surface area (Å²) in [6.07, 6.45) is 3.83. The predicted octanol–water partition coefficient (Wildman–Crippen LogP) is 2.38. The average Bonchev–Trinajstić information content (AvgIpc) is 3.33. The molecule has 0 N–H and O–H groups in total. The van der Waals surface area contributed by atoms with Crippen LogP contribution < -0.4 is 4.90 Å².